The van der Waals surface area contributed by atoms with E-state index in [1.54, 1.807) is 18.5 Å². The van der Waals surface area contributed by atoms with Crippen LogP contribution in [0.15, 0.2) is 47.4 Å². The standard InChI is InChI=1S/C33H40N6O5S/c1-20-4-5-29(21(2)14-20)44-19-24(40)17-35-26-6-9-34-32(41)30(26)31-36-27-15-22-18-39(33(42)25(22)16-28(27)37-31)23-7-10-38(11-8-23)12-13-45(3)43/h4-6,9,14-16,23-24,40H,7-8,10-13,17-19H2,1-3H3,(H,36,37)(H2,34,35,41)/t24-,45?/m1/s1. The predicted octanol–water partition coefficient (Wildman–Crippen LogP) is 3.19. The number of H-pyrrole nitrogens is 2. The van der Waals surface area contributed by atoms with Crippen molar-refractivity contribution in [3.8, 4) is 17.1 Å². The topological polar surface area (TPSA) is 144 Å². The normalized spacial score (nSPS) is 17.1. The highest BCUT2D eigenvalue weighted by atomic mass is 32.2. The van der Waals surface area contributed by atoms with Gasteiger partial charge < -0.3 is 34.9 Å². The Bertz CT molecular complexity index is 1790. The zero-order valence-corrected chi connectivity index (χ0v) is 26.7. The summed E-state index contributed by atoms with van der Waals surface area (Å²) in [5, 5.41) is 13.8. The summed E-state index contributed by atoms with van der Waals surface area (Å²) in [7, 11) is -0.800. The molecule has 1 unspecified atom stereocenters. The number of aryl methyl sites for hydroxylation is 2. The SMILES string of the molecule is Cc1ccc(OC[C@H](O)CNc2cc[nH]c(=O)c2-c2nc3cc4c(cc3[nH]2)CN(C2CCN(CCS(C)=O)CC2)C4=O)c(C)c1. The van der Waals surface area contributed by atoms with Crippen LogP contribution in [0.5, 0.6) is 5.75 Å². The second kappa shape index (κ2) is 13.2. The largest absolute Gasteiger partial charge is 0.491 e. The number of anilines is 1. The van der Waals surface area contributed by atoms with Crippen molar-refractivity contribution in [2.75, 3.05) is 50.1 Å². The maximum atomic E-state index is 13.5. The number of likely N-dealkylation sites (tertiary alicyclic amines) is 1. The first-order chi connectivity index (χ1) is 21.7. The molecule has 238 valence electrons. The fourth-order valence-corrected chi connectivity index (χ4v) is 6.78. The zero-order chi connectivity index (χ0) is 31.7. The van der Waals surface area contributed by atoms with Crippen LogP contribution in [0.4, 0.5) is 5.69 Å². The highest BCUT2D eigenvalue weighted by Gasteiger charge is 2.35. The molecule has 1 saturated heterocycles. The average molecular weight is 633 g/mol. The van der Waals surface area contributed by atoms with Crippen molar-refractivity contribution < 1.29 is 18.8 Å². The van der Waals surface area contributed by atoms with Gasteiger partial charge in [-0.2, -0.15) is 0 Å². The second-order valence-electron chi connectivity index (χ2n) is 12.1. The van der Waals surface area contributed by atoms with E-state index in [-0.39, 0.29) is 30.7 Å². The fourth-order valence-electron chi connectivity index (χ4n) is 6.26. The number of imidazole rings is 1. The Morgan fingerprint density at radius 1 is 1.16 bits per heavy atom. The number of benzene rings is 2. The van der Waals surface area contributed by atoms with Crippen LogP contribution in [0, 0.1) is 13.8 Å². The van der Waals surface area contributed by atoms with Crippen LogP contribution in [0.25, 0.3) is 22.4 Å². The van der Waals surface area contributed by atoms with Crippen LogP contribution in [0.2, 0.25) is 0 Å². The van der Waals surface area contributed by atoms with Gasteiger partial charge in [-0.1, -0.05) is 17.7 Å². The summed E-state index contributed by atoms with van der Waals surface area (Å²) in [4.78, 5) is 41.5. The van der Waals surface area contributed by atoms with Crippen molar-refractivity contribution >= 4 is 33.4 Å². The van der Waals surface area contributed by atoms with E-state index in [9.17, 15) is 18.9 Å². The fraction of sp³-hybridized carbons (Fsp3) is 0.424. The van der Waals surface area contributed by atoms with Crippen LogP contribution in [-0.2, 0) is 17.3 Å². The van der Waals surface area contributed by atoms with Gasteiger partial charge in [-0.05, 0) is 62.1 Å². The Hall–Kier alpha value is -4.00. The first-order valence-corrected chi connectivity index (χ1v) is 17.1. The molecular weight excluding hydrogens is 592 g/mol. The number of amides is 1. The molecule has 2 atom stereocenters. The third-order valence-electron chi connectivity index (χ3n) is 8.72. The molecular formula is C33H40N6O5S. The lowest BCUT2D eigenvalue weighted by molar-refractivity contribution is 0.0603. The van der Waals surface area contributed by atoms with E-state index in [1.165, 1.54) is 0 Å². The van der Waals surface area contributed by atoms with E-state index in [0.29, 0.717) is 40.5 Å². The number of piperidine rings is 1. The molecule has 1 amide bonds. The summed E-state index contributed by atoms with van der Waals surface area (Å²) in [5.74, 6) is 1.79. The summed E-state index contributed by atoms with van der Waals surface area (Å²) >= 11 is 0. The quantitative estimate of drug-likeness (QED) is 0.198. The molecule has 0 saturated carbocycles. The highest BCUT2D eigenvalue weighted by molar-refractivity contribution is 7.84. The Labute approximate surface area is 264 Å². The van der Waals surface area contributed by atoms with Gasteiger partial charge in [0.25, 0.3) is 11.5 Å². The lowest BCUT2D eigenvalue weighted by Gasteiger charge is -2.36. The Morgan fingerprint density at radius 2 is 1.96 bits per heavy atom. The number of aromatic amines is 2. The number of aliphatic hydroxyl groups is 1. The number of hydrogen-bond donors (Lipinski definition) is 4. The van der Waals surface area contributed by atoms with Crippen LogP contribution in [-0.4, -0.2) is 96.9 Å². The second-order valence-corrected chi connectivity index (χ2v) is 13.7. The lowest BCUT2D eigenvalue weighted by atomic mass is 10.0. The van der Waals surface area contributed by atoms with Crippen LogP contribution in [0.1, 0.15) is 39.9 Å². The van der Waals surface area contributed by atoms with E-state index in [0.717, 1.165) is 60.4 Å². The van der Waals surface area contributed by atoms with E-state index < -0.39 is 16.9 Å². The number of fused-ring (bicyclic) bond motifs is 2. The summed E-state index contributed by atoms with van der Waals surface area (Å²) in [6.07, 6.45) is 4.26. The monoisotopic (exact) mass is 632 g/mol. The summed E-state index contributed by atoms with van der Waals surface area (Å²) in [5.41, 5.74) is 5.61. The predicted molar refractivity (Wildman–Crippen MR) is 176 cm³/mol. The van der Waals surface area contributed by atoms with Gasteiger partial charge in [0, 0.05) is 73.3 Å². The number of hydrogen-bond acceptors (Lipinski definition) is 8. The molecule has 0 bridgehead atoms. The van der Waals surface area contributed by atoms with Gasteiger partial charge in [-0.15, -0.1) is 0 Å². The maximum Gasteiger partial charge on any atom is 0.261 e. The Morgan fingerprint density at radius 3 is 2.71 bits per heavy atom. The van der Waals surface area contributed by atoms with Gasteiger partial charge in [0.2, 0.25) is 0 Å². The van der Waals surface area contributed by atoms with Gasteiger partial charge in [0.1, 0.15) is 29.8 Å². The highest BCUT2D eigenvalue weighted by Crippen LogP contribution is 2.33. The minimum absolute atomic E-state index is 0.0153. The number of aliphatic hydroxyl groups excluding tert-OH is 1. The van der Waals surface area contributed by atoms with E-state index in [2.05, 4.69) is 20.2 Å². The average Bonchev–Trinajstić information content (AvgIpc) is 3.57. The van der Waals surface area contributed by atoms with Crippen molar-refractivity contribution in [1.82, 2.24) is 24.8 Å². The molecule has 4 N–H and O–H groups in total. The van der Waals surface area contributed by atoms with Crippen molar-refractivity contribution in [2.45, 2.75) is 45.4 Å². The number of pyridine rings is 1. The van der Waals surface area contributed by atoms with Crippen molar-refractivity contribution in [2.24, 2.45) is 0 Å². The summed E-state index contributed by atoms with van der Waals surface area (Å²) in [6.45, 7) is 7.40. The minimum Gasteiger partial charge on any atom is -0.491 e. The van der Waals surface area contributed by atoms with Crippen molar-refractivity contribution in [3.05, 3.63) is 75.2 Å². The molecule has 2 aromatic carbocycles. The van der Waals surface area contributed by atoms with E-state index in [1.807, 2.05) is 49.1 Å². The maximum absolute atomic E-state index is 13.5. The molecule has 4 aromatic rings. The molecule has 0 spiro atoms. The van der Waals surface area contributed by atoms with Gasteiger partial charge >= 0.3 is 0 Å². The number of ether oxygens (including phenoxy) is 1. The number of aromatic nitrogens is 3. The Balaban J connectivity index is 1.13. The molecule has 0 radical (unpaired) electrons. The van der Waals surface area contributed by atoms with Gasteiger partial charge in [-0.3, -0.25) is 13.8 Å². The smallest absolute Gasteiger partial charge is 0.261 e. The lowest BCUT2D eigenvalue weighted by Crippen LogP contribution is -2.45. The van der Waals surface area contributed by atoms with E-state index in [4.69, 9.17) is 9.72 Å². The molecule has 4 heterocycles. The van der Waals surface area contributed by atoms with Crippen molar-refractivity contribution in [1.29, 1.82) is 0 Å². The number of nitrogens with one attached hydrogen (secondary N) is 3. The molecule has 2 aromatic heterocycles. The summed E-state index contributed by atoms with van der Waals surface area (Å²) in [6, 6.07) is 11.6. The molecule has 0 aliphatic carbocycles. The van der Waals surface area contributed by atoms with E-state index >= 15 is 0 Å². The molecule has 1 fully saturated rings. The first-order valence-electron chi connectivity index (χ1n) is 15.4. The molecule has 2 aliphatic heterocycles. The third-order valence-corrected chi connectivity index (χ3v) is 9.48. The number of rotatable bonds is 11. The van der Waals surface area contributed by atoms with Crippen molar-refractivity contribution in [3.63, 3.8) is 0 Å². The van der Waals surface area contributed by atoms with Gasteiger partial charge in [0.05, 0.1) is 16.7 Å². The molecule has 2 aliphatic rings. The molecule has 45 heavy (non-hydrogen) atoms. The number of carbonyl (C=O) groups excluding carboxylic acids is 1. The molecule has 12 heteroatoms. The van der Waals surface area contributed by atoms with Crippen LogP contribution < -0.4 is 15.6 Å². The Kier molecular flexibility index (Phi) is 9.06. The van der Waals surface area contributed by atoms with Gasteiger partial charge in [0.15, 0.2) is 0 Å². The van der Waals surface area contributed by atoms with Crippen LogP contribution >= 0.6 is 0 Å². The number of carbonyl (C=O) groups is 1. The summed E-state index contributed by atoms with van der Waals surface area (Å²) < 4.78 is 17.3. The zero-order valence-electron chi connectivity index (χ0n) is 25.9. The molecule has 6 rings (SSSR count). The third kappa shape index (κ3) is 6.82. The first kappa shape index (κ1) is 31.0. The van der Waals surface area contributed by atoms with Gasteiger partial charge in [-0.25, -0.2) is 4.98 Å². The number of nitrogens with zero attached hydrogens (tertiary/aromatic N) is 3. The molecule has 11 nitrogen and oxygen atoms in total. The minimum atomic E-state index is -0.820. The van der Waals surface area contributed by atoms with Crippen LogP contribution in [0.3, 0.4) is 0 Å².